The van der Waals surface area contributed by atoms with Gasteiger partial charge >= 0.3 is 5.97 Å². The van der Waals surface area contributed by atoms with Gasteiger partial charge in [-0.05, 0) is 102 Å². The summed E-state index contributed by atoms with van der Waals surface area (Å²) in [6.45, 7) is 6.50. The number of phosphoric ester groups is 1. The minimum Gasteiger partial charge on any atom is -0.756 e. The van der Waals surface area contributed by atoms with Crippen LogP contribution in [0.4, 0.5) is 0 Å². The molecule has 0 aromatic heterocycles. The van der Waals surface area contributed by atoms with Crippen molar-refractivity contribution in [2.75, 3.05) is 40.9 Å². The maximum absolute atomic E-state index is 13.4. The number of likely N-dealkylation sites (N-methyl/N-ethyl adjacent to an activating group) is 1. The van der Waals surface area contributed by atoms with Crippen LogP contribution in [0.1, 0.15) is 201 Å². The zero-order valence-electron chi connectivity index (χ0n) is 45.9. The normalized spacial score (nSPS) is 14.7. The number of unbranched alkanes of at least 4 members (excludes halogenated alkanes) is 14. The molecule has 0 fully saturated rings. The highest BCUT2D eigenvalue weighted by Crippen LogP contribution is 2.38. The Morgan fingerprint density at radius 1 is 0.507 bits per heavy atom. The Hall–Kier alpha value is -3.59. The molecule has 3 atom stereocenters. The van der Waals surface area contributed by atoms with Crippen LogP contribution in [0.3, 0.4) is 0 Å². The maximum atomic E-state index is 13.4. The highest BCUT2D eigenvalue weighted by molar-refractivity contribution is 7.45. The smallest absolute Gasteiger partial charge is 0.306 e. The van der Waals surface area contributed by atoms with Gasteiger partial charge in [-0.1, -0.05) is 207 Å². The molecule has 9 nitrogen and oxygen atoms in total. The second kappa shape index (κ2) is 50.0. The molecule has 1 N–H and O–H groups in total. The molecule has 10 heteroatoms. The lowest BCUT2D eigenvalue weighted by Crippen LogP contribution is -2.47. The van der Waals surface area contributed by atoms with Crippen molar-refractivity contribution in [3.05, 3.63) is 122 Å². The summed E-state index contributed by atoms with van der Waals surface area (Å²) in [5, 5.41) is 2.96. The molecule has 1 amide bonds. The Bertz CT molecular complexity index is 1630. The van der Waals surface area contributed by atoms with Gasteiger partial charge in [0, 0.05) is 12.8 Å². The summed E-state index contributed by atoms with van der Waals surface area (Å²) in [6, 6.07) is -0.945. The van der Waals surface area contributed by atoms with E-state index in [1.54, 1.807) is 6.08 Å². The van der Waals surface area contributed by atoms with Gasteiger partial charge in [-0.25, -0.2) is 0 Å². The second-order valence-corrected chi connectivity index (χ2v) is 20.7. The zero-order valence-corrected chi connectivity index (χ0v) is 46.8. The minimum absolute atomic E-state index is 0.0464. The van der Waals surface area contributed by atoms with Crippen molar-refractivity contribution in [3.8, 4) is 0 Å². The summed E-state index contributed by atoms with van der Waals surface area (Å²) >= 11 is 0. The van der Waals surface area contributed by atoms with Crippen LogP contribution in [0.2, 0.25) is 0 Å². The topological polar surface area (TPSA) is 114 Å². The third kappa shape index (κ3) is 51.1. The number of allylic oxidation sites excluding steroid dienone is 19. The highest BCUT2D eigenvalue weighted by atomic mass is 31.2. The molecule has 0 aliphatic rings. The van der Waals surface area contributed by atoms with Crippen LogP contribution >= 0.6 is 7.82 Å². The van der Waals surface area contributed by atoms with E-state index in [-0.39, 0.29) is 31.3 Å². The number of carbonyl (C=O) groups excluding carboxylic acids is 2. The third-order valence-corrected chi connectivity index (χ3v) is 12.4. The minimum atomic E-state index is -4.73. The fourth-order valence-electron chi connectivity index (χ4n) is 7.14. The van der Waals surface area contributed by atoms with Gasteiger partial charge < -0.3 is 28.5 Å². The van der Waals surface area contributed by atoms with Crippen LogP contribution in [-0.2, 0) is 27.9 Å². The molecule has 0 spiro atoms. The molecule has 3 unspecified atom stereocenters. The molecular formula is C61H103N2O7P. The predicted molar refractivity (Wildman–Crippen MR) is 302 cm³/mol. The molecule has 0 aliphatic heterocycles. The molecule has 404 valence electrons. The number of hydrogen-bond acceptors (Lipinski definition) is 7. The first-order valence-electron chi connectivity index (χ1n) is 27.8. The first kappa shape index (κ1) is 67.4. The Kier molecular flexibility index (Phi) is 47.4. The van der Waals surface area contributed by atoms with E-state index in [0.717, 1.165) is 103 Å². The Labute approximate surface area is 435 Å². The van der Waals surface area contributed by atoms with Gasteiger partial charge in [0.15, 0.2) is 0 Å². The van der Waals surface area contributed by atoms with Gasteiger partial charge in [0.25, 0.3) is 7.82 Å². The van der Waals surface area contributed by atoms with Gasteiger partial charge in [0.2, 0.25) is 5.91 Å². The van der Waals surface area contributed by atoms with Gasteiger partial charge in [-0.15, -0.1) is 0 Å². The summed E-state index contributed by atoms with van der Waals surface area (Å²) in [6.07, 6.45) is 69.0. The van der Waals surface area contributed by atoms with E-state index < -0.39 is 26.6 Å². The molecule has 0 aliphatic carbocycles. The van der Waals surface area contributed by atoms with Crippen LogP contribution in [0, 0.1) is 0 Å². The molecule has 0 aromatic rings. The van der Waals surface area contributed by atoms with Crippen molar-refractivity contribution in [2.24, 2.45) is 0 Å². The van der Waals surface area contributed by atoms with Crippen molar-refractivity contribution < 1.29 is 37.3 Å². The molecule has 71 heavy (non-hydrogen) atoms. The van der Waals surface area contributed by atoms with E-state index in [0.29, 0.717) is 23.9 Å². The number of esters is 1. The highest BCUT2D eigenvalue weighted by Gasteiger charge is 2.27. The molecule has 0 aromatic carbocycles. The lowest BCUT2D eigenvalue weighted by molar-refractivity contribution is -0.870. The number of nitrogens with zero attached hydrogens (tertiary/aromatic N) is 1. The summed E-state index contributed by atoms with van der Waals surface area (Å²) in [7, 11) is 1.10. The lowest BCUT2D eigenvalue weighted by atomic mass is 10.1. The average Bonchev–Trinajstić information content (AvgIpc) is 3.33. The summed E-state index contributed by atoms with van der Waals surface area (Å²) < 4.78 is 30.1. The number of quaternary nitrogens is 1. The average molecular weight is 1010 g/mol. The third-order valence-electron chi connectivity index (χ3n) is 11.4. The van der Waals surface area contributed by atoms with Crippen molar-refractivity contribution in [1.82, 2.24) is 5.32 Å². The number of ether oxygens (including phenoxy) is 1. The van der Waals surface area contributed by atoms with Crippen LogP contribution in [0.15, 0.2) is 122 Å². The van der Waals surface area contributed by atoms with E-state index in [2.05, 4.69) is 123 Å². The number of amides is 1. The quantitative estimate of drug-likeness (QED) is 0.0212. The number of nitrogens with one attached hydrogen (secondary N) is 1. The van der Waals surface area contributed by atoms with E-state index in [1.807, 2.05) is 39.4 Å². The molecule has 0 radical (unpaired) electrons. The summed E-state index contributed by atoms with van der Waals surface area (Å²) in [4.78, 5) is 39.8. The molecule has 0 saturated heterocycles. The predicted octanol–water partition coefficient (Wildman–Crippen LogP) is 16.1. The van der Waals surface area contributed by atoms with Gasteiger partial charge in [0.1, 0.15) is 19.3 Å². The molecule has 0 bridgehead atoms. The van der Waals surface area contributed by atoms with Crippen molar-refractivity contribution in [2.45, 2.75) is 213 Å². The van der Waals surface area contributed by atoms with E-state index >= 15 is 0 Å². The number of rotatable bonds is 48. The number of phosphoric acid groups is 1. The standard InChI is InChI=1S/C61H103N2O7P/c1-7-10-13-16-19-22-25-28-30-31-32-33-34-35-38-41-44-47-50-53-60(64)62-58(57-69-71(66,67)68-56-55-63(4,5)6)59(52-49-46-43-40-37-27-24-21-18-15-12-9-3)70-61(65)54-51-48-45-42-39-36-29-26-23-20-17-14-11-8-2/h10-11,13-14,19-20,22-23,28-30,32-33,35-36,38,44,47,49,52,58-59H,7-9,12,15-18,21,24-27,31,34,37,39-43,45-46,48,50-51,53-57H2,1-6H3,(H-,62,64,66,67)/b13-10-,14-11+,22-19-,23-20+,30-28-,33-32-,36-29+,38-35-,47-44-,52-49-. The zero-order chi connectivity index (χ0) is 52.2. The van der Waals surface area contributed by atoms with Gasteiger partial charge in [0.05, 0.1) is 33.8 Å². The molecule has 0 rings (SSSR count). The fourth-order valence-corrected chi connectivity index (χ4v) is 7.87. The molecule has 0 saturated carbocycles. The Balaban J connectivity index is 5.53. The van der Waals surface area contributed by atoms with Crippen LogP contribution in [-0.4, -0.2) is 69.4 Å². The summed E-state index contributed by atoms with van der Waals surface area (Å²) in [5.74, 6) is -0.677. The number of carbonyl (C=O) groups is 2. The lowest BCUT2D eigenvalue weighted by Gasteiger charge is -2.30. The van der Waals surface area contributed by atoms with Gasteiger partial charge in [-0.2, -0.15) is 0 Å². The summed E-state index contributed by atoms with van der Waals surface area (Å²) in [5.41, 5.74) is 0. The van der Waals surface area contributed by atoms with E-state index in [4.69, 9.17) is 13.8 Å². The van der Waals surface area contributed by atoms with Gasteiger partial charge in [-0.3, -0.25) is 14.2 Å². The Morgan fingerprint density at radius 2 is 0.915 bits per heavy atom. The SMILES string of the molecule is CC/C=C\C/C=C\C/C=C\C/C=C\C/C=C\C/C=C\CCC(=O)NC(COP(=O)([O-])OCC[N+](C)(C)C)C(/C=C\CCCCCCCCCCCC)OC(=O)CCCCCC/C=C/C/C=C/C/C=C/CC. The molecule has 0 heterocycles. The first-order valence-corrected chi connectivity index (χ1v) is 29.3. The monoisotopic (exact) mass is 1010 g/mol. The van der Waals surface area contributed by atoms with E-state index in [1.165, 1.54) is 51.4 Å². The van der Waals surface area contributed by atoms with Crippen LogP contribution in [0.25, 0.3) is 0 Å². The van der Waals surface area contributed by atoms with Crippen molar-refractivity contribution >= 4 is 19.7 Å². The van der Waals surface area contributed by atoms with Crippen LogP contribution in [0.5, 0.6) is 0 Å². The van der Waals surface area contributed by atoms with Crippen molar-refractivity contribution in [1.29, 1.82) is 0 Å². The van der Waals surface area contributed by atoms with E-state index in [9.17, 15) is 19.0 Å². The first-order chi connectivity index (χ1) is 34.4. The number of hydrogen-bond donors (Lipinski definition) is 1. The largest absolute Gasteiger partial charge is 0.756 e. The van der Waals surface area contributed by atoms with Crippen LogP contribution < -0.4 is 10.2 Å². The maximum Gasteiger partial charge on any atom is 0.306 e. The Morgan fingerprint density at radius 3 is 1.38 bits per heavy atom. The van der Waals surface area contributed by atoms with Crippen molar-refractivity contribution in [3.63, 3.8) is 0 Å². The second-order valence-electron chi connectivity index (χ2n) is 19.3. The fraction of sp³-hybridized carbons (Fsp3) is 0.639. The molecular weight excluding hydrogens is 904 g/mol.